The maximum atomic E-state index is 11.5. The van der Waals surface area contributed by atoms with E-state index in [0.717, 1.165) is 25.7 Å². The van der Waals surface area contributed by atoms with E-state index in [4.69, 9.17) is 9.47 Å². The molecule has 5 N–H and O–H groups in total. The lowest BCUT2D eigenvalue weighted by Gasteiger charge is -2.62. The van der Waals surface area contributed by atoms with Crippen molar-refractivity contribution in [3.05, 3.63) is 12.7 Å². The van der Waals surface area contributed by atoms with Gasteiger partial charge in [-0.3, -0.25) is 0 Å². The largest absolute Gasteiger partial charge is 0.396 e. The van der Waals surface area contributed by atoms with Crippen LogP contribution in [0.3, 0.4) is 0 Å². The molecule has 2 aliphatic carbocycles. The molecular formula is C26H46O7. The van der Waals surface area contributed by atoms with Crippen molar-refractivity contribution in [3.8, 4) is 0 Å². The summed E-state index contributed by atoms with van der Waals surface area (Å²) in [6.07, 6.45) is 1.90. The standard InChI is InChI=1S/C26H46O7/c1-7-24(4,33-22-21(30)20(29)19(28)16(2)32-22)13-9-18-25(5)12-8-11-23(3,15-27)17(25)10-14-26(18,6)31/h7,16-22,27-31H,1,8-15H2,2-6H3/t16-,17+,18-,19-,20+,21+,22-,23-,24-,25+,26+/m0/s1. The first-order valence-corrected chi connectivity index (χ1v) is 12.6. The molecule has 2 saturated carbocycles. The van der Waals surface area contributed by atoms with E-state index in [9.17, 15) is 25.5 Å². The third-order valence-corrected chi connectivity index (χ3v) is 9.50. The average molecular weight is 471 g/mol. The Hall–Kier alpha value is -0.540. The molecule has 11 atom stereocenters. The fourth-order valence-corrected chi connectivity index (χ4v) is 7.28. The monoisotopic (exact) mass is 470 g/mol. The van der Waals surface area contributed by atoms with Crippen LogP contribution < -0.4 is 0 Å². The topological polar surface area (TPSA) is 120 Å². The van der Waals surface area contributed by atoms with Crippen LogP contribution in [0.4, 0.5) is 0 Å². The third kappa shape index (κ3) is 4.92. The van der Waals surface area contributed by atoms with Gasteiger partial charge in [-0.05, 0) is 82.0 Å². The molecular weight excluding hydrogens is 424 g/mol. The number of aliphatic hydroxyl groups is 5. The lowest BCUT2D eigenvalue weighted by molar-refractivity contribution is -0.313. The summed E-state index contributed by atoms with van der Waals surface area (Å²) in [5, 5.41) is 52.2. The number of fused-ring (bicyclic) bond motifs is 1. The highest BCUT2D eigenvalue weighted by atomic mass is 16.7. The van der Waals surface area contributed by atoms with Crippen molar-refractivity contribution in [2.75, 3.05) is 6.61 Å². The molecule has 1 saturated heterocycles. The molecule has 0 aromatic heterocycles. The minimum absolute atomic E-state index is 0.0151. The highest BCUT2D eigenvalue weighted by Crippen LogP contribution is 2.63. The van der Waals surface area contributed by atoms with Gasteiger partial charge >= 0.3 is 0 Å². The molecule has 7 heteroatoms. The number of ether oxygens (including phenoxy) is 2. The summed E-state index contributed by atoms with van der Waals surface area (Å²) in [6.45, 7) is 14.0. The van der Waals surface area contributed by atoms with Gasteiger partial charge in [-0.15, -0.1) is 6.58 Å². The first kappa shape index (κ1) is 27.1. The fraction of sp³-hybridized carbons (Fsp3) is 0.923. The van der Waals surface area contributed by atoms with E-state index in [-0.39, 0.29) is 23.4 Å². The van der Waals surface area contributed by atoms with Gasteiger partial charge in [0, 0.05) is 6.61 Å². The first-order valence-electron chi connectivity index (χ1n) is 12.6. The molecule has 3 fully saturated rings. The number of aliphatic hydroxyl groups excluding tert-OH is 4. The quantitative estimate of drug-likeness (QED) is 0.363. The summed E-state index contributed by atoms with van der Waals surface area (Å²) in [5.74, 6) is 0.354. The Kier molecular flexibility index (Phi) is 7.78. The van der Waals surface area contributed by atoms with E-state index in [1.165, 1.54) is 0 Å². The molecule has 0 spiro atoms. The Morgan fingerprint density at radius 1 is 1.09 bits per heavy atom. The van der Waals surface area contributed by atoms with Crippen molar-refractivity contribution in [1.29, 1.82) is 0 Å². The Morgan fingerprint density at radius 2 is 1.76 bits per heavy atom. The second-order valence-electron chi connectivity index (χ2n) is 12.0. The summed E-state index contributed by atoms with van der Waals surface area (Å²) in [7, 11) is 0. The molecule has 1 heterocycles. The zero-order valence-corrected chi connectivity index (χ0v) is 21.0. The van der Waals surface area contributed by atoms with Gasteiger partial charge in [0.1, 0.15) is 18.3 Å². The molecule has 192 valence electrons. The zero-order chi connectivity index (χ0) is 24.8. The van der Waals surface area contributed by atoms with Crippen LogP contribution in [0.15, 0.2) is 12.7 Å². The van der Waals surface area contributed by atoms with E-state index in [1.54, 1.807) is 13.0 Å². The maximum absolute atomic E-state index is 11.5. The van der Waals surface area contributed by atoms with Crippen LogP contribution in [0, 0.1) is 22.7 Å². The van der Waals surface area contributed by atoms with Gasteiger partial charge in [0.2, 0.25) is 0 Å². The van der Waals surface area contributed by atoms with Crippen molar-refractivity contribution in [2.45, 2.75) is 121 Å². The summed E-state index contributed by atoms with van der Waals surface area (Å²) in [6, 6.07) is 0. The van der Waals surface area contributed by atoms with Gasteiger partial charge in [-0.25, -0.2) is 0 Å². The fourth-order valence-electron chi connectivity index (χ4n) is 7.28. The van der Waals surface area contributed by atoms with E-state index in [1.807, 2.05) is 13.8 Å². The molecule has 3 aliphatic rings. The van der Waals surface area contributed by atoms with Crippen molar-refractivity contribution in [2.24, 2.45) is 22.7 Å². The van der Waals surface area contributed by atoms with Crippen LogP contribution in [0.5, 0.6) is 0 Å². The predicted octanol–water partition coefficient (Wildman–Crippen LogP) is 2.52. The summed E-state index contributed by atoms with van der Waals surface area (Å²) in [5.41, 5.74) is -1.92. The maximum Gasteiger partial charge on any atom is 0.187 e. The molecule has 0 aromatic rings. The number of hydrogen-bond donors (Lipinski definition) is 5. The first-order chi connectivity index (χ1) is 15.2. The Labute approximate surface area is 198 Å². The van der Waals surface area contributed by atoms with Gasteiger partial charge in [0.25, 0.3) is 0 Å². The lowest BCUT2D eigenvalue weighted by Crippen LogP contribution is -2.59. The van der Waals surface area contributed by atoms with E-state index >= 15 is 0 Å². The molecule has 7 nitrogen and oxygen atoms in total. The van der Waals surface area contributed by atoms with Crippen LogP contribution in [-0.2, 0) is 9.47 Å². The summed E-state index contributed by atoms with van der Waals surface area (Å²) < 4.78 is 11.8. The Morgan fingerprint density at radius 3 is 2.36 bits per heavy atom. The molecule has 1 aliphatic heterocycles. The van der Waals surface area contributed by atoms with Crippen LogP contribution in [0.1, 0.15) is 79.6 Å². The SMILES string of the molecule is C=C[C@@](C)(CC[C@H]1[C@]2(C)CCC[C@@](C)(CO)[C@H]2CC[C@@]1(C)O)O[C@@H]1O[C@@H](C)[C@H](O)[C@@H](O)[C@H]1O. The number of rotatable bonds is 7. The zero-order valence-electron chi connectivity index (χ0n) is 21.0. The highest BCUT2D eigenvalue weighted by molar-refractivity contribution is 5.09. The number of hydrogen-bond acceptors (Lipinski definition) is 7. The van der Waals surface area contributed by atoms with Gasteiger partial charge in [0.05, 0.1) is 17.3 Å². The normalized spacial score (nSPS) is 50.3. The molecule has 33 heavy (non-hydrogen) atoms. The predicted molar refractivity (Wildman–Crippen MR) is 125 cm³/mol. The molecule has 3 rings (SSSR count). The van der Waals surface area contributed by atoms with Gasteiger partial charge in [0.15, 0.2) is 6.29 Å². The molecule has 0 radical (unpaired) electrons. The van der Waals surface area contributed by atoms with E-state index in [0.29, 0.717) is 25.2 Å². The van der Waals surface area contributed by atoms with Crippen molar-refractivity contribution in [3.63, 3.8) is 0 Å². The van der Waals surface area contributed by atoms with Gasteiger partial charge in [-0.2, -0.15) is 0 Å². The minimum atomic E-state index is -1.38. The second-order valence-corrected chi connectivity index (χ2v) is 12.0. The Balaban J connectivity index is 1.78. The average Bonchev–Trinajstić information content (AvgIpc) is 2.75. The molecule has 0 aromatic carbocycles. The van der Waals surface area contributed by atoms with Gasteiger partial charge in [-0.1, -0.05) is 26.3 Å². The van der Waals surface area contributed by atoms with Crippen molar-refractivity contribution in [1.82, 2.24) is 0 Å². The van der Waals surface area contributed by atoms with Crippen molar-refractivity contribution >= 4 is 0 Å². The van der Waals surface area contributed by atoms with Crippen molar-refractivity contribution < 1.29 is 35.0 Å². The molecule has 0 bridgehead atoms. The second kappa shape index (κ2) is 9.49. The smallest absolute Gasteiger partial charge is 0.187 e. The van der Waals surface area contributed by atoms with Crippen LogP contribution in [0.2, 0.25) is 0 Å². The molecule has 0 unspecified atom stereocenters. The lowest BCUT2D eigenvalue weighted by atomic mass is 9.44. The van der Waals surface area contributed by atoms with Crippen LogP contribution >= 0.6 is 0 Å². The Bertz CT molecular complexity index is 698. The van der Waals surface area contributed by atoms with Gasteiger partial charge < -0.3 is 35.0 Å². The van der Waals surface area contributed by atoms with Crippen LogP contribution in [0.25, 0.3) is 0 Å². The summed E-state index contributed by atoms with van der Waals surface area (Å²) >= 11 is 0. The highest BCUT2D eigenvalue weighted by Gasteiger charge is 2.59. The minimum Gasteiger partial charge on any atom is -0.396 e. The van der Waals surface area contributed by atoms with Crippen LogP contribution in [-0.4, -0.2) is 74.0 Å². The van der Waals surface area contributed by atoms with E-state index < -0.39 is 41.9 Å². The third-order valence-electron chi connectivity index (χ3n) is 9.50. The molecule has 0 amide bonds. The summed E-state index contributed by atoms with van der Waals surface area (Å²) in [4.78, 5) is 0. The van der Waals surface area contributed by atoms with E-state index in [2.05, 4.69) is 20.4 Å².